The fourth-order valence-corrected chi connectivity index (χ4v) is 1.11. The number of hydrogen-bond donors (Lipinski definition) is 1. The van der Waals surface area contributed by atoms with E-state index in [-0.39, 0.29) is 18.0 Å². The molecule has 0 aliphatic carbocycles. The summed E-state index contributed by atoms with van der Waals surface area (Å²) in [5.41, 5.74) is -0.287. The van der Waals surface area contributed by atoms with Gasteiger partial charge in [-0.15, -0.1) is 0 Å². The first-order valence-corrected chi connectivity index (χ1v) is 4.46. The smallest absolute Gasteiger partial charge is 0.253 e. The van der Waals surface area contributed by atoms with Crippen molar-refractivity contribution in [2.24, 2.45) is 0 Å². The van der Waals surface area contributed by atoms with Gasteiger partial charge in [-0.1, -0.05) is 5.16 Å². The first-order valence-electron chi connectivity index (χ1n) is 4.46. The summed E-state index contributed by atoms with van der Waals surface area (Å²) in [5, 5.41) is 5.98. The minimum atomic E-state index is -0.371. The maximum atomic E-state index is 11.5. The Morgan fingerprint density at radius 3 is 3.06 bits per heavy atom. The topological polar surface area (TPSA) is 90.0 Å². The van der Waals surface area contributed by atoms with E-state index in [0.29, 0.717) is 5.82 Å². The second kappa shape index (κ2) is 4.39. The highest BCUT2D eigenvalue weighted by Gasteiger charge is 2.06. The molecule has 0 unspecified atom stereocenters. The van der Waals surface area contributed by atoms with Gasteiger partial charge in [0.2, 0.25) is 5.91 Å². The Morgan fingerprint density at radius 1 is 1.50 bits per heavy atom. The zero-order valence-corrected chi connectivity index (χ0v) is 8.16. The number of nitrogens with one attached hydrogen (secondary N) is 1. The highest BCUT2D eigenvalue weighted by atomic mass is 16.5. The molecule has 0 aromatic carbocycles. The molecule has 82 valence electrons. The molecule has 2 aromatic rings. The van der Waals surface area contributed by atoms with E-state index in [1.165, 1.54) is 35.5 Å². The fraction of sp³-hybridized carbons (Fsp3) is 0.111. The highest BCUT2D eigenvalue weighted by Crippen LogP contribution is 2.00. The van der Waals surface area contributed by atoms with Gasteiger partial charge in [-0.2, -0.15) is 0 Å². The molecular weight excluding hydrogens is 212 g/mol. The minimum absolute atomic E-state index is 0.112. The summed E-state index contributed by atoms with van der Waals surface area (Å²) in [7, 11) is 0. The quantitative estimate of drug-likeness (QED) is 0.778. The maximum Gasteiger partial charge on any atom is 0.253 e. The molecule has 0 radical (unpaired) electrons. The Morgan fingerprint density at radius 2 is 2.38 bits per heavy atom. The van der Waals surface area contributed by atoms with Crippen LogP contribution in [0.4, 0.5) is 5.82 Å². The van der Waals surface area contributed by atoms with E-state index >= 15 is 0 Å². The van der Waals surface area contributed by atoms with Crippen LogP contribution in [-0.4, -0.2) is 20.6 Å². The minimum Gasteiger partial charge on any atom is -0.363 e. The Hall–Kier alpha value is -2.44. The van der Waals surface area contributed by atoms with E-state index in [9.17, 15) is 9.59 Å². The lowest BCUT2D eigenvalue weighted by atomic mass is 10.5. The molecule has 16 heavy (non-hydrogen) atoms. The van der Waals surface area contributed by atoms with Crippen LogP contribution in [0, 0.1) is 0 Å². The third kappa shape index (κ3) is 2.32. The van der Waals surface area contributed by atoms with Crippen LogP contribution in [0.2, 0.25) is 0 Å². The van der Waals surface area contributed by atoms with Crippen molar-refractivity contribution in [1.29, 1.82) is 0 Å². The molecule has 0 atom stereocenters. The molecule has 0 bridgehead atoms. The summed E-state index contributed by atoms with van der Waals surface area (Å²) < 4.78 is 5.73. The molecule has 0 saturated heterocycles. The predicted molar refractivity (Wildman–Crippen MR) is 53.6 cm³/mol. The number of aromatic nitrogens is 3. The van der Waals surface area contributed by atoms with E-state index in [0.717, 1.165) is 0 Å². The van der Waals surface area contributed by atoms with Gasteiger partial charge in [0.1, 0.15) is 12.8 Å². The predicted octanol–water partition coefficient (Wildman–Crippen LogP) is -0.130. The van der Waals surface area contributed by atoms with Gasteiger partial charge in [-0.25, -0.2) is 4.98 Å². The van der Waals surface area contributed by atoms with Crippen molar-refractivity contribution in [2.45, 2.75) is 6.54 Å². The second-order valence-corrected chi connectivity index (χ2v) is 2.98. The van der Waals surface area contributed by atoms with Gasteiger partial charge >= 0.3 is 0 Å². The second-order valence-electron chi connectivity index (χ2n) is 2.98. The van der Waals surface area contributed by atoms with Crippen molar-refractivity contribution >= 4 is 11.7 Å². The Bertz CT molecular complexity index is 532. The zero-order chi connectivity index (χ0) is 11.4. The number of rotatable bonds is 3. The molecule has 0 fully saturated rings. The van der Waals surface area contributed by atoms with Gasteiger partial charge in [0, 0.05) is 18.3 Å². The Balaban J connectivity index is 2.03. The third-order valence-electron chi connectivity index (χ3n) is 1.81. The number of nitrogens with zero attached hydrogens (tertiary/aromatic N) is 3. The largest absolute Gasteiger partial charge is 0.363 e. The van der Waals surface area contributed by atoms with Gasteiger partial charge in [-0.05, 0) is 0 Å². The molecule has 0 aliphatic heterocycles. The van der Waals surface area contributed by atoms with Crippen molar-refractivity contribution in [3.8, 4) is 0 Å². The SMILES string of the molecule is O=C(Cn1cnccc1=O)Nc1ccon1. The van der Waals surface area contributed by atoms with E-state index in [4.69, 9.17) is 0 Å². The van der Waals surface area contributed by atoms with Crippen molar-refractivity contribution in [1.82, 2.24) is 14.7 Å². The fourth-order valence-electron chi connectivity index (χ4n) is 1.11. The average molecular weight is 220 g/mol. The molecular formula is C9H8N4O3. The number of amides is 1. The number of carbonyl (C=O) groups is 1. The van der Waals surface area contributed by atoms with Crippen LogP contribution < -0.4 is 10.9 Å². The highest BCUT2D eigenvalue weighted by molar-refractivity contribution is 5.89. The van der Waals surface area contributed by atoms with Crippen molar-refractivity contribution in [2.75, 3.05) is 5.32 Å². The van der Waals surface area contributed by atoms with E-state index in [1.807, 2.05) is 0 Å². The van der Waals surface area contributed by atoms with Gasteiger partial charge in [-0.3, -0.25) is 14.2 Å². The van der Waals surface area contributed by atoms with Crippen LogP contribution in [-0.2, 0) is 11.3 Å². The van der Waals surface area contributed by atoms with Gasteiger partial charge < -0.3 is 9.84 Å². The van der Waals surface area contributed by atoms with Crippen LogP contribution >= 0.6 is 0 Å². The van der Waals surface area contributed by atoms with E-state index < -0.39 is 0 Å². The molecule has 2 aromatic heterocycles. The van der Waals surface area contributed by atoms with Crippen molar-refractivity contribution < 1.29 is 9.32 Å². The lowest BCUT2D eigenvalue weighted by Crippen LogP contribution is -2.27. The summed E-state index contributed by atoms with van der Waals surface area (Å²) in [6.45, 7) is -0.112. The molecule has 2 rings (SSSR count). The van der Waals surface area contributed by atoms with Gasteiger partial charge in [0.05, 0.1) is 6.33 Å². The summed E-state index contributed by atoms with van der Waals surface area (Å²) in [6.07, 6.45) is 4.00. The van der Waals surface area contributed by atoms with Crippen LogP contribution in [0.15, 0.2) is 40.2 Å². The van der Waals surface area contributed by atoms with Crippen molar-refractivity contribution in [3.63, 3.8) is 0 Å². The summed E-state index contributed by atoms with van der Waals surface area (Å²) in [6, 6.07) is 2.79. The molecule has 1 N–H and O–H groups in total. The Kier molecular flexibility index (Phi) is 2.77. The molecule has 7 nitrogen and oxygen atoms in total. The molecule has 0 saturated carbocycles. The molecule has 0 spiro atoms. The monoisotopic (exact) mass is 220 g/mol. The van der Waals surface area contributed by atoms with Crippen LogP contribution in [0.5, 0.6) is 0 Å². The van der Waals surface area contributed by atoms with E-state index in [2.05, 4.69) is 20.0 Å². The molecule has 0 aliphatic rings. The van der Waals surface area contributed by atoms with Gasteiger partial charge in [0.15, 0.2) is 5.82 Å². The molecule has 1 amide bonds. The number of carbonyl (C=O) groups excluding carboxylic acids is 1. The summed E-state index contributed by atoms with van der Waals surface area (Å²) in [5.74, 6) is -0.0639. The van der Waals surface area contributed by atoms with Crippen LogP contribution in [0.1, 0.15) is 0 Å². The number of anilines is 1. The number of hydrogen-bond acceptors (Lipinski definition) is 5. The average Bonchev–Trinajstić information content (AvgIpc) is 2.74. The summed E-state index contributed by atoms with van der Waals surface area (Å²) in [4.78, 5) is 26.5. The standard InChI is InChI=1S/C9H8N4O3/c14-8(11-7-2-4-16-12-7)5-13-6-10-3-1-9(13)15/h1-4,6H,5H2,(H,11,12,14). The third-order valence-corrected chi connectivity index (χ3v) is 1.81. The summed E-state index contributed by atoms with van der Waals surface area (Å²) >= 11 is 0. The lowest BCUT2D eigenvalue weighted by molar-refractivity contribution is -0.116. The Labute approximate surface area is 89.7 Å². The zero-order valence-electron chi connectivity index (χ0n) is 8.16. The normalized spacial score (nSPS) is 10.0. The molecule has 7 heteroatoms. The van der Waals surface area contributed by atoms with E-state index in [1.54, 1.807) is 0 Å². The van der Waals surface area contributed by atoms with Crippen LogP contribution in [0.3, 0.4) is 0 Å². The maximum absolute atomic E-state index is 11.5. The van der Waals surface area contributed by atoms with Crippen molar-refractivity contribution in [3.05, 3.63) is 41.3 Å². The lowest BCUT2D eigenvalue weighted by Gasteiger charge is -2.03. The van der Waals surface area contributed by atoms with Gasteiger partial charge in [0.25, 0.3) is 5.56 Å². The first kappa shape index (κ1) is 10.1. The van der Waals surface area contributed by atoms with Crippen LogP contribution in [0.25, 0.3) is 0 Å². The first-order chi connectivity index (χ1) is 7.75. The molecule has 2 heterocycles.